The first-order chi connectivity index (χ1) is 13.6. The second kappa shape index (κ2) is 8.74. The van der Waals surface area contributed by atoms with Crippen LogP contribution in [0.1, 0.15) is 6.42 Å². The molecule has 0 aliphatic rings. The van der Waals surface area contributed by atoms with Gasteiger partial charge in [0.2, 0.25) is 0 Å². The van der Waals surface area contributed by atoms with E-state index in [0.29, 0.717) is 0 Å². The van der Waals surface area contributed by atoms with Crippen molar-refractivity contribution < 1.29 is 9.90 Å². The number of carbonyl (C=O) groups is 1. The zero-order chi connectivity index (χ0) is 19.5. The molecule has 4 rings (SSSR count). The van der Waals surface area contributed by atoms with Crippen LogP contribution in [0.5, 0.6) is 0 Å². The molecular formula is C22H18O2S4. The topological polar surface area (TPSA) is 37.3 Å². The van der Waals surface area contributed by atoms with Gasteiger partial charge in [-0.3, -0.25) is 0 Å². The highest BCUT2D eigenvalue weighted by Crippen LogP contribution is 2.39. The average molecular weight is 443 g/mol. The number of carboxylic acid groups (broad SMARTS) is 1. The molecule has 0 amide bonds. The van der Waals surface area contributed by atoms with Gasteiger partial charge in [-0.2, -0.15) is 0 Å². The Balaban J connectivity index is 1.50. The molecule has 28 heavy (non-hydrogen) atoms. The van der Waals surface area contributed by atoms with Gasteiger partial charge in [0.15, 0.2) is 0 Å². The van der Waals surface area contributed by atoms with Crippen LogP contribution in [-0.2, 0) is 4.79 Å². The molecule has 2 nitrogen and oxygen atoms in total. The molecule has 0 spiro atoms. The maximum absolute atomic E-state index is 11.6. The van der Waals surface area contributed by atoms with Gasteiger partial charge in [-0.05, 0) is 58.0 Å². The van der Waals surface area contributed by atoms with Crippen LogP contribution in [-0.4, -0.2) is 22.1 Å². The van der Waals surface area contributed by atoms with Crippen molar-refractivity contribution >= 4 is 72.3 Å². The Hall–Kier alpha value is -1.73. The number of aliphatic carboxylic acids is 1. The van der Waals surface area contributed by atoms with E-state index in [0.717, 1.165) is 17.1 Å². The number of carboxylic acids is 1. The second-order valence-electron chi connectivity index (χ2n) is 6.26. The van der Waals surface area contributed by atoms with E-state index in [1.54, 1.807) is 46.2 Å². The molecule has 142 valence electrons. The van der Waals surface area contributed by atoms with E-state index >= 15 is 0 Å². The van der Waals surface area contributed by atoms with E-state index in [2.05, 4.69) is 59.8 Å². The minimum atomic E-state index is -0.916. The third kappa shape index (κ3) is 4.15. The molecule has 0 radical (unpaired) electrons. The van der Waals surface area contributed by atoms with Crippen molar-refractivity contribution in [3.8, 4) is 0 Å². The summed E-state index contributed by atoms with van der Waals surface area (Å²) < 4.78 is 2.52. The molecule has 0 saturated carbocycles. The monoisotopic (exact) mass is 442 g/mol. The van der Waals surface area contributed by atoms with Crippen molar-refractivity contribution in [2.75, 3.05) is 5.75 Å². The highest BCUT2D eigenvalue weighted by Gasteiger charge is 2.21. The lowest BCUT2D eigenvalue weighted by Gasteiger charge is -2.17. The third-order valence-electron chi connectivity index (χ3n) is 4.46. The van der Waals surface area contributed by atoms with Crippen molar-refractivity contribution in [3.05, 3.63) is 71.4 Å². The van der Waals surface area contributed by atoms with E-state index in [1.165, 1.54) is 25.1 Å². The van der Waals surface area contributed by atoms with Gasteiger partial charge in [-0.1, -0.05) is 30.8 Å². The lowest BCUT2D eigenvalue weighted by atomic mass is 10.2. The normalized spacial score (nSPS) is 12.4. The molecule has 4 aromatic rings. The summed E-state index contributed by atoms with van der Waals surface area (Å²) >= 11 is 6.86. The Morgan fingerprint density at radius 1 is 0.964 bits per heavy atom. The Labute approximate surface area is 180 Å². The molecule has 0 fully saturated rings. The highest BCUT2D eigenvalue weighted by molar-refractivity contribution is 8.01. The predicted molar refractivity (Wildman–Crippen MR) is 125 cm³/mol. The SMILES string of the molecule is C=C(C(=O)O)C(CCSc1cccc2ccsc12)Sc1cccc2ccsc12. The lowest BCUT2D eigenvalue weighted by molar-refractivity contribution is -0.132. The standard InChI is InChI=1S/C22H18O2S4/c1-14(22(23)24)17(28-19-7-3-5-16-9-12-27-21(16)19)10-13-25-18-6-2-4-15-8-11-26-20(15)18/h2-9,11-12,17H,1,10,13H2,(H,23,24). The Bertz CT molecular complexity index is 1140. The van der Waals surface area contributed by atoms with E-state index in [9.17, 15) is 9.90 Å². The molecule has 0 saturated heterocycles. The Morgan fingerprint density at radius 3 is 2.21 bits per heavy atom. The summed E-state index contributed by atoms with van der Waals surface area (Å²) in [5, 5.41) is 16.0. The number of hydrogen-bond donors (Lipinski definition) is 1. The van der Waals surface area contributed by atoms with Gasteiger partial charge < -0.3 is 5.11 Å². The van der Waals surface area contributed by atoms with Crippen LogP contribution in [0.15, 0.2) is 81.2 Å². The van der Waals surface area contributed by atoms with Crippen LogP contribution < -0.4 is 0 Å². The quantitative estimate of drug-likeness (QED) is 0.228. The predicted octanol–water partition coefficient (Wildman–Crippen LogP) is 7.40. The van der Waals surface area contributed by atoms with Crippen LogP contribution in [0.4, 0.5) is 0 Å². The first-order valence-electron chi connectivity index (χ1n) is 8.77. The molecule has 2 heterocycles. The summed E-state index contributed by atoms with van der Waals surface area (Å²) in [5.74, 6) is -0.0669. The fraction of sp³-hybridized carbons (Fsp3) is 0.136. The van der Waals surface area contributed by atoms with Crippen LogP contribution in [0.2, 0.25) is 0 Å². The first kappa shape index (κ1) is 19.6. The van der Waals surface area contributed by atoms with Gasteiger partial charge in [0.1, 0.15) is 0 Å². The lowest BCUT2D eigenvalue weighted by Crippen LogP contribution is -2.15. The third-order valence-corrected chi connectivity index (χ3v) is 9.13. The minimum absolute atomic E-state index is 0.153. The Morgan fingerprint density at radius 2 is 1.57 bits per heavy atom. The Kier molecular flexibility index (Phi) is 6.11. The molecule has 0 aliphatic carbocycles. The van der Waals surface area contributed by atoms with E-state index in [4.69, 9.17) is 0 Å². The van der Waals surface area contributed by atoms with Crippen LogP contribution in [0.25, 0.3) is 20.2 Å². The number of thiophene rings is 2. The molecule has 1 unspecified atom stereocenters. The first-order valence-corrected chi connectivity index (χ1v) is 12.4. The second-order valence-corrected chi connectivity index (χ2v) is 10.5. The summed E-state index contributed by atoms with van der Waals surface area (Å²) in [4.78, 5) is 14.0. The summed E-state index contributed by atoms with van der Waals surface area (Å²) in [6.07, 6.45) is 0.754. The summed E-state index contributed by atoms with van der Waals surface area (Å²) in [6, 6.07) is 16.8. The number of benzene rings is 2. The van der Waals surface area contributed by atoms with Gasteiger partial charge in [0.05, 0.1) is 0 Å². The molecule has 1 N–H and O–H groups in total. The van der Waals surface area contributed by atoms with Crippen molar-refractivity contribution in [1.29, 1.82) is 0 Å². The highest BCUT2D eigenvalue weighted by atomic mass is 32.2. The van der Waals surface area contributed by atoms with Gasteiger partial charge in [0.25, 0.3) is 0 Å². The summed E-state index contributed by atoms with van der Waals surface area (Å²) in [6.45, 7) is 3.86. The van der Waals surface area contributed by atoms with Crippen molar-refractivity contribution in [2.24, 2.45) is 0 Å². The van der Waals surface area contributed by atoms with Gasteiger partial charge >= 0.3 is 5.97 Å². The molecular weight excluding hydrogens is 425 g/mol. The molecule has 0 aliphatic heterocycles. The maximum atomic E-state index is 11.6. The molecule has 1 atom stereocenters. The van der Waals surface area contributed by atoms with Gasteiger partial charge in [-0.25, -0.2) is 4.79 Å². The molecule has 2 aromatic heterocycles. The van der Waals surface area contributed by atoms with Crippen LogP contribution in [0, 0.1) is 0 Å². The molecule has 0 bridgehead atoms. The molecule has 6 heteroatoms. The largest absolute Gasteiger partial charge is 0.478 e. The summed E-state index contributed by atoms with van der Waals surface area (Å²) in [5.41, 5.74) is 0.272. The van der Waals surface area contributed by atoms with Crippen molar-refractivity contribution in [3.63, 3.8) is 0 Å². The average Bonchev–Trinajstić information content (AvgIpc) is 3.36. The van der Waals surface area contributed by atoms with Gasteiger partial charge in [0, 0.05) is 30.0 Å². The number of fused-ring (bicyclic) bond motifs is 2. The van der Waals surface area contributed by atoms with E-state index < -0.39 is 5.97 Å². The zero-order valence-electron chi connectivity index (χ0n) is 15.0. The molecule has 2 aromatic carbocycles. The van der Waals surface area contributed by atoms with E-state index in [1.807, 2.05) is 6.07 Å². The van der Waals surface area contributed by atoms with E-state index in [-0.39, 0.29) is 10.8 Å². The summed E-state index contributed by atoms with van der Waals surface area (Å²) in [7, 11) is 0. The van der Waals surface area contributed by atoms with Crippen molar-refractivity contribution in [1.82, 2.24) is 0 Å². The van der Waals surface area contributed by atoms with Gasteiger partial charge in [-0.15, -0.1) is 46.2 Å². The zero-order valence-corrected chi connectivity index (χ0v) is 18.2. The van der Waals surface area contributed by atoms with Crippen molar-refractivity contribution in [2.45, 2.75) is 21.5 Å². The maximum Gasteiger partial charge on any atom is 0.332 e. The van der Waals surface area contributed by atoms with Crippen LogP contribution >= 0.6 is 46.2 Å². The van der Waals surface area contributed by atoms with Crippen LogP contribution in [0.3, 0.4) is 0 Å². The number of hydrogen-bond acceptors (Lipinski definition) is 5. The minimum Gasteiger partial charge on any atom is -0.478 e. The smallest absolute Gasteiger partial charge is 0.332 e. The number of rotatable bonds is 8. The fourth-order valence-electron chi connectivity index (χ4n) is 3.01. The number of thioether (sulfide) groups is 2. The fourth-order valence-corrected chi connectivity index (χ4v) is 7.55.